The highest BCUT2D eigenvalue weighted by atomic mass is 19.4. The number of hydrogen-bond donors (Lipinski definition) is 1. The summed E-state index contributed by atoms with van der Waals surface area (Å²) in [5, 5.41) is 12.9. The van der Waals surface area contributed by atoms with Gasteiger partial charge >= 0.3 is 12.4 Å². The number of rotatable bonds is 3. The molecule has 1 N–H and O–H groups in total. The molecule has 0 saturated carbocycles. The minimum atomic E-state index is -4.98. The quantitative estimate of drug-likeness (QED) is 0.629. The first-order valence-electron chi connectivity index (χ1n) is 7.79. The molecular formula is C16H12F6N4O2. The molecule has 1 fully saturated rings. The van der Waals surface area contributed by atoms with E-state index in [9.17, 15) is 31.1 Å². The second kappa shape index (κ2) is 6.93. The van der Waals surface area contributed by atoms with Crippen molar-refractivity contribution in [2.45, 2.75) is 18.5 Å². The molecule has 12 heteroatoms. The Morgan fingerprint density at radius 2 is 1.64 bits per heavy atom. The molecule has 1 aliphatic rings. The van der Waals surface area contributed by atoms with Crippen molar-refractivity contribution in [1.29, 1.82) is 0 Å². The van der Waals surface area contributed by atoms with E-state index in [-0.39, 0.29) is 25.0 Å². The number of likely N-dealkylation sites (tertiary alicyclic amines) is 1. The molecule has 0 radical (unpaired) electrons. The minimum Gasteiger partial charge on any atom is -0.389 e. The smallest absolute Gasteiger partial charge is 0.389 e. The molecule has 1 aromatic carbocycles. The predicted molar refractivity (Wildman–Crippen MR) is 83.4 cm³/mol. The number of halogens is 6. The zero-order chi connectivity index (χ0) is 20.7. The molecule has 1 amide bonds. The lowest BCUT2D eigenvalue weighted by molar-refractivity contribution is -0.143. The molecule has 28 heavy (non-hydrogen) atoms. The number of β-amino-alcohol motifs (C(OH)–C–C–N with tert-alkyl or cyclic N) is 1. The fraction of sp³-hybridized carbons (Fsp3) is 0.312. The molecule has 0 unspecified atom stereocenters. The summed E-state index contributed by atoms with van der Waals surface area (Å²) < 4.78 is 78.5. The zero-order valence-electron chi connectivity index (χ0n) is 13.9. The second-order valence-electron chi connectivity index (χ2n) is 6.06. The van der Waals surface area contributed by atoms with Crippen LogP contribution < -0.4 is 0 Å². The van der Waals surface area contributed by atoms with Gasteiger partial charge in [-0.1, -0.05) is 0 Å². The van der Waals surface area contributed by atoms with E-state index in [1.54, 1.807) is 0 Å². The Labute approximate surface area is 153 Å². The average Bonchev–Trinajstić information content (AvgIpc) is 3.04. The molecule has 1 aromatic heterocycles. The van der Waals surface area contributed by atoms with Crippen LogP contribution in [0.1, 0.15) is 11.1 Å². The third-order valence-electron chi connectivity index (χ3n) is 3.90. The van der Waals surface area contributed by atoms with Crippen molar-refractivity contribution in [3.05, 3.63) is 41.7 Å². The van der Waals surface area contributed by atoms with Crippen molar-refractivity contribution in [2.24, 2.45) is 0 Å². The van der Waals surface area contributed by atoms with Gasteiger partial charge in [-0.2, -0.15) is 26.3 Å². The first kappa shape index (κ1) is 19.9. The van der Waals surface area contributed by atoms with E-state index in [2.05, 4.69) is 10.1 Å². The van der Waals surface area contributed by atoms with Gasteiger partial charge in [0.1, 0.15) is 6.33 Å². The summed E-state index contributed by atoms with van der Waals surface area (Å²) in [6.45, 7) is 0.354. The standard InChI is InChI=1S/C16H12F6N4O2/c17-15(18,19)10-3-9(4-11(5-10)16(20,21)22)14-23-8-26(24-14)2-1-13(28)25-6-12(27)7-25/h1-5,8,12,27H,6-7H2. The first-order valence-corrected chi connectivity index (χ1v) is 7.79. The van der Waals surface area contributed by atoms with Gasteiger partial charge in [0.15, 0.2) is 5.82 Å². The van der Waals surface area contributed by atoms with E-state index >= 15 is 0 Å². The Morgan fingerprint density at radius 3 is 2.14 bits per heavy atom. The van der Waals surface area contributed by atoms with Crippen LogP contribution in [0.15, 0.2) is 30.6 Å². The lowest BCUT2D eigenvalue weighted by Gasteiger charge is -2.34. The van der Waals surface area contributed by atoms with Crippen molar-refractivity contribution in [3.63, 3.8) is 0 Å². The number of nitrogens with zero attached hydrogens (tertiary/aromatic N) is 4. The van der Waals surface area contributed by atoms with Gasteiger partial charge in [0.05, 0.1) is 17.2 Å². The second-order valence-corrected chi connectivity index (χ2v) is 6.06. The highest BCUT2D eigenvalue weighted by Crippen LogP contribution is 2.38. The molecular weight excluding hydrogens is 394 g/mol. The summed E-state index contributed by atoms with van der Waals surface area (Å²) in [6.07, 6.45) is -7.25. The van der Waals surface area contributed by atoms with E-state index in [1.165, 1.54) is 4.90 Å². The van der Waals surface area contributed by atoms with Gasteiger partial charge in [0.2, 0.25) is 5.91 Å². The summed E-state index contributed by atoms with van der Waals surface area (Å²) in [6, 6.07) is 1.05. The van der Waals surface area contributed by atoms with Crippen LogP contribution in [0, 0.1) is 0 Å². The lowest BCUT2D eigenvalue weighted by atomic mass is 10.0. The summed E-state index contributed by atoms with van der Waals surface area (Å²) in [5.74, 6) is -0.797. The molecule has 1 aliphatic heterocycles. The monoisotopic (exact) mass is 406 g/mol. The van der Waals surface area contributed by atoms with E-state index < -0.39 is 41.1 Å². The van der Waals surface area contributed by atoms with Gasteiger partial charge < -0.3 is 10.0 Å². The number of carbonyl (C=O) groups excluding carboxylic acids is 1. The molecule has 2 aromatic rings. The molecule has 150 valence electrons. The predicted octanol–water partition coefficient (Wildman–Crippen LogP) is 2.66. The Balaban J connectivity index is 1.87. The maximum atomic E-state index is 12.9. The summed E-state index contributed by atoms with van der Waals surface area (Å²) in [5.41, 5.74) is -3.42. The van der Waals surface area contributed by atoms with Crippen molar-refractivity contribution in [3.8, 4) is 11.4 Å². The Bertz CT molecular complexity index is 880. The number of hydrogen-bond acceptors (Lipinski definition) is 4. The third kappa shape index (κ3) is 4.32. The Kier molecular flexibility index (Phi) is 4.91. The van der Waals surface area contributed by atoms with Crippen molar-refractivity contribution in [1.82, 2.24) is 19.7 Å². The first-order chi connectivity index (χ1) is 12.9. The highest BCUT2D eigenvalue weighted by molar-refractivity contribution is 5.90. The third-order valence-corrected chi connectivity index (χ3v) is 3.90. The SMILES string of the molecule is O=C(C=Cn1cnc(-c2cc(C(F)(F)F)cc(C(F)(F)F)c2)n1)N1CC(O)C1. The molecule has 0 bridgehead atoms. The minimum absolute atomic E-state index is 0.0144. The van der Waals surface area contributed by atoms with E-state index in [1.807, 2.05) is 0 Å². The maximum absolute atomic E-state index is 12.9. The fourth-order valence-corrected chi connectivity index (χ4v) is 2.44. The molecule has 0 spiro atoms. The van der Waals surface area contributed by atoms with E-state index in [0.717, 1.165) is 23.3 Å². The van der Waals surface area contributed by atoms with Crippen molar-refractivity contribution < 1.29 is 36.2 Å². The summed E-state index contributed by atoms with van der Waals surface area (Å²) in [7, 11) is 0. The average molecular weight is 406 g/mol. The largest absolute Gasteiger partial charge is 0.416 e. The number of amides is 1. The van der Waals surface area contributed by atoms with Gasteiger partial charge in [-0.25, -0.2) is 9.67 Å². The molecule has 2 heterocycles. The van der Waals surface area contributed by atoms with Crippen molar-refractivity contribution >= 4 is 12.1 Å². The van der Waals surface area contributed by atoms with Crippen LogP contribution in [0.25, 0.3) is 17.6 Å². The van der Waals surface area contributed by atoms with Crippen LogP contribution in [0.5, 0.6) is 0 Å². The van der Waals surface area contributed by atoms with Crippen LogP contribution in [0.4, 0.5) is 26.3 Å². The van der Waals surface area contributed by atoms with Gasteiger partial charge in [-0.15, -0.1) is 5.10 Å². The number of benzene rings is 1. The Morgan fingerprint density at radius 1 is 1.07 bits per heavy atom. The van der Waals surface area contributed by atoms with Gasteiger partial charge in [-0.3, -0.25) is 4.79 Å². The zero-order valence-corrected chi connectivity index (χ0v) is 13.9. The molecule has 0 atom stereocenters. The van der Waals surface area contributed by atoms with Crippen LogP contribution in [0.3, 0.4) is 0 Å². The van der Waals surface area contributed by atoms with Crippen molar-refractivity contribution in [2.75, 3.05) is 13.1 Å². The highest BCUT2D eigenvalue weighted by Gasteiger charge is 2.37. The van der Waals surface area contributed by atoms with Crippen LogP contribution in [-0.2, 0) is 17.1 Å². The molecule has 0 aliphatic carbocycles. The van der Waals surface area contributed by atoms with Crippen LogP contribution >= 0.6 is 0 Å². The van der Waals surface area contributed by atoms with Crippen LogP contribution in [-0.4, -0.2) is 49.9 Å². The number of aliphatic hydroxyl groups excluding tert-OH is 1. The molecule has 1 saturated heterocycles. The lowest BCUT2D eigenvalue weighted by Crippen LogP contribution is -2.52. The number of aliphatic hydroxyl groups is 1. The molecule has 6 nitrogen and oxygen atoms in total. The molecule has 3 rings (SSSR count). The Hall–Kier alpha value is -2.89. The van der Waals surface area contributed by atoms with Gasteiger partial charge in [-0.05, 0) is 18.2 Å². The summed E-state index contributed by atoms with van der Waals surface area (Å²) >= 11 is 0. The fourth-order valence-electron chi connectivity index (χ4n) is 2.44. The van der Waals surface area contributed by atoms with E-state index in [4.69, 9.17) is 5.11 Å². The normalized spacial score (nSPS) is 15.9. The number of aromatic nitrogens is 3. The van der Waals surface area contributed by atoms with Crippen LogP contribution in [0.2, 0.25) is 0 Å². The number of alkyl halides is 6. The summed E-state index contributed by atoms with van der Waals surface area (Å²) in [4.78, 5) is 16.8. The van der Waals surface area contributed by atoms with Gasteiger partial charge in [0, 0.05) is 30.9 Å². The number of carbonyl (C=O) groups is 1. The topological polar surface area (TPSA) is 71.2 Å². The maximum Gasteiger partial charge on any atom is 0.416 e. The van der Waals surface area contributed by atoms with E-state index in [0.29, 0.717) is 12.1 Å². The van der Waals surface area contributed by atoms with Gasteiger partial charge in [0.25, 0.3) is 0 Å².